The lowest BCUT2D eigenvalue weighted by molar-refractivity contribution is -0.147. The summed E-state index contributed by atoms with van der Waals surface area (Å²) in [6.45, 7) is 4.31. The molecule has 1 heterocycles. The van der Waals surface area contributed by atoms with E-state index in [-0.39, 0.29) is 12.6 Å². The van der Waals surface area contributed by atoms with Gasteiger partial charge in [0.05, 0.1) is 18.6 Å². The maximum absolute atomic E-state index is 11.5. The predicted octanol–water partition coefficient (Wildman–Crippen LogP) is 2.27. The predicted molar refractivity (Wildman–Crippen MR) is 73.6 cm³/mol. The minimum atomic E-state index is -0.617. The lowest BCUT2D eigenvalue weighted by Gasteiger charge is -2.14. The van der Waals surface area contributed by atoms with Crippen molar-refractivity contribution >= 4 is 5.97 Å². The summed E-state index contributed by atoms with van der Waals surface area (Å²) in [5, 5.41) is 18.9. The maximum atomic E-state index is 11.5. The summed E-state index contributed by atoms with van der Waals surface area (Å²) in [6.07, 6.45) is 5.82. The van der Waals surface area contributed by atoms with Crippen molar-refractivity contribution in [1.29, 1.82) is 0 Å². The van der Waals surface area contributed by atoms with Crippen LogP contribution in [0.5, 0.6) is 0 Å². The van der Waals surface area contributed by atoms with Crippen LogP contribution in [0.3, 0.4) is 0 Å². The molecular formula is C15H28O4. The molecule has 0 aromatic rings. The molecule has 1 aliphatic heterocycles. The van der Waals surface area contributed by atoms with Gasteiger partial charge in [-0.15, -0.1) is 0 Å². The van der Waals surface area contributed by atoms with Gasteiger partial charge < -0.3 is 14.9 Å². The molecule has 2 N–H and O–H groups in total. The lowest BCUT2D eigenvalue weighted by atomic mass is 9.94. The number of ether oxygens (including phenoxy) is 1. The second-order valence-corrected chi connectivity index (χ2v) is 6.04. The van der Waals surface area contributed by atoms with Gasteiger partial charge in [0, 0.05) is 6.42 Å². The van der Waals surface area contributed by atoms with Crippen LogP contribution in [-0.4, -0.2) is 35.0 Å². The first-order valence-corrected chi connectivity index (χ1v) is 7.54. The number of carbonyl (C=O) groups excluding carboxylic acids is 1. The molecule has 0 unspecified atom stereocenters. The van der Waals surface area contributed by atoms with E-state index in [4.69, 9.17) is 9.84 Å². The van der Waals surface area contributed by atoms with Crippen LogP contribution in [0, 0.1) is 11.8 Å². The van der Waals surface area contributed by atoms with E-state index in [1.807, 2.05) is 0 Å². The van der Waals surface area contributed by atoms with Crippen LogP contribution in [0.15, 0.2) is 0 Å². The Morgan fingerprint density at radius 1 is 1.21 bits per heavy atom. The van der Waals surface area contributed by atoms with Crippen LogP contribution in [0.25, 0.3) is 0 Å². The molecule has 0 radical (unpaired) electrons. The zero-order valence-corrected chi connectivity index (χ0v) is 12.2. The topological polar surface area (TPSA) is 66.8 Å². The molecule has 4 heteroatoms. The molecule has 0 amide bonds. The molecule has 0 spiro atoms. The third-order valence-electron chi connectivity index (χ3n) is 3.80. The number of cyclic esters (lactones) is 1. The van der Waals surface area contributed by atoms with Crippen LogP contribution in [0.2, 0.25) is 0 Å². The van der Waals surface area contributed by atoms with Crippen LogP contribution >= 0.6 is 0 Å². The van der Waals surface area contributed by atoms with Crippen molar-refractivity contribution in [3.63, 3.8) is 0 Å². The Balaban J connectivity index is 2.11. The Kier molecular flexibility index (Phi) is 7.39. The molecule has 112 valence electrons. The van der Waals surface area contributed by atoms with Crippen LogP contribution < -0.4 is 0 Å². The summed E-state index contributed by atoms with van der Waals surface area (Å²) in [6, 6.07) is 0. The van der Waals surface area contributed by atoms with Gasteiger partial charge in [0.15, 0.2) is 0 Å². The highest BCUT2D eigenvalue weighted by atomic mass is 16.6. The molecule has 0 bridgehead atoms. The Labute approximate surface area is 116 Å². The number of unbranched alkanes of at least 4 members (excludes halogenated alkanes) is 3. The quantitative estimate of drug-likeness (QED) is 0.499. The number of hydrogen-bond donors (Lipinski definition) is 2. The van der Waals surface area contributed by atoms with E-state index in [0.29, 0.717) is 12.8 Å². The van der Waals surface area contributed by atoms with Gasteiger partial charge in [-0.25, -0.2) is 0 Å². The Bertz CT molecular complexity index is 265. The fourth-order valence-corrected chi connectivity index (χ4v) is 2.57. The molecule has 0 aromatic heterocycles. The van der Waals surface area contributed by atoms with Crippen molar-refractivity contribution in [3.8, 4) is 0 Å². The molecule has 1 fully saturated rings. The van der Waals surface area contributed by atoms with E-state index in [0.717, 1.165) is 18.8 Å². The normalized spacial score (nSPS) is 24.8. The molecule has 1 aliphatic rings. The molecular weight excluding hydrogens is 244 g/mol. The van der Waals surface area contributed by atoms with Gasteiger partial charge in [-0.3, -0.25) is 4.79 Å². The standard InChI is InChI=1S/C15H28O4/c1-11(2)7-5-3-4-6-8-14(17)13-9-12(10-16)19-15(13)18/h11-14,16-17H,3-10H2,1-2H3/t12-,13-,14+/m1/s1. The first-order valence-electron chi connectivity index (χ1n) is 7.54. The summed E-state index contributed by atoms with van der Waals surface area (Å²) in [5.74, 6) is -0.0339. The molecule has 1 rings (SSSR count). The number of hydrogen-bond acceptors (Lipinski definition) is 4. The molecule has 19 heavy (non-hydrogen) atoms. The molecule has 0 aromatic carbocycles. The van der Waals surface area contributed by atoms with Gasteiger partial charge in [0.2, 0.25) is 0 Å². The van der Waals surface area contributed by atoms with Gasteiger partial charge >= 0.3 is 5.97 Å². The fraction of sp³-hybridized carbons (Fsp3) is 0.933. The highest BCUT2D eigenvalue weighted by Gasteiger charge is 2.38. The largest absolute Gasteiger partial charge is 0.460 e. The van der Waals surface area contributed by atoms with E-state index < -0.39 is 18.1 Å². The SMILES string of the molecule is CC(C)CCCCCC[C@H](O)[C@H]1C[C@H](CO)OC1=O. The van der Waals surface area contributed by atoms with Crippen LogP contribution in [0.4, 0.5) is 0 Å². The van der Waals surface area contributed by atoms with Gasteiger partial charge in [0.1, 0.15) is 6.10 Å². The number of rotatable bonds is 9. The first-order chi connectivity index (χ1) is 9.04. The summed E-state index contributed by atoms with van der Waals surface area (Å²) in [7, 11) is 0. The van der Waals surface area contributed by atoms with Gasteiger partial charge in [-0.05, 0) is 12.3 Å². The van der Waals surface area contributed by atoms with Crippen molar-refractivity contribution in [2.75, 3.05) is 6.61 Å². The molecule has 3 atom stereocenters. The van der Waals surface area contributed by atoms with E-state index in [2.05, 4.69) is 13.8 Å². The molecule has 0 saturated carbocycles. The third-order valence-corrected chi connectivity index (χ3v) is 3.80. The molecule has 4 nitrogen and oxygen atoms in total. The number of carbonyl (C=O) groups is 1. The third kappa shape index (κ3) is 5.91. The monoisotopic (exact) mass is 272 g/mol. The van der Waals surface area contributed by atoms with E-state index in [9.17, 15) is 9.90 Å². The van der Waals surface area contributed by atoms with Crippen molar-refractivity contribution in [3.05, 3.63) is 0 Å². The fourth-order valence-electron chi connectivity index (χ4n) is 2.57. The number of esters is 1. The zero-order valence-electron chi connectivity index (χ0n) is 12.2. The minimum absolute atomic E-state index is 0.149. The number of aliphatic hydroxyl groups is 2. The summed E-state index contributed by atoms with van der Waals surface area (Å²) >= 11 is 0. The van der Waals surface area contributed by atoms with E-state index in [1.165, 1.54) is 19.3 Å². The first kappa shape index (κ1) is 16.4. The van der Waals surface area contributed by atoms with Crippen molar-refractivity contribution in [2.45, 2.75) is 71.0 Å². The average Bonchev–Trinajstić information content (AvgIpc) is 2.74. The molecule has 1 saturated heterocycles. The highest BCUT2D eigenvalue weighted by Crippen LogP contribution is 2.26. The Hall–Kier alpha value is -0.610. The summed E-state index contributed by atoms with van der Waals surface area (Å²) in [5.41, 5.74) is 0. The van der Waals surface area contributed by atoms with Gasteiger partial charge in [-0.1, -0.05) is 46.0 Å². The van der Waals surface area contributed by atoms with Gasteiger partial charge in [-0.2, -0.15) is 0 Å². The smallest absolute Gasteiger partial charge is 0.312 e. The summed E-state index contributed by atoms with van der Waals surface area (Å²) in [4.78, 5) is 11.5. The second kappa shape index (κ2) is 8.54. The van der Waals surface area contributed by atoms with Gasteiger partial charge in [0.25, 0.3) is 0 Å². The highest BCUT2D eigenvalue weighted by molar-refractivity contribution is 5.75. The maximum Gasteiger partial charge on any atom is 0.312 e. The Morgan fingerprint density at radius 2 is 1.84 bits per heavy atom. The van der Waals surface area contributed by atoms with Crippen molar-refractivity contribution in [1.82, 2.24) is 0 Å². The second-order valence-electron chi connectivity index (χ2n) is 6.04. The Morgan fingerprint density at radius 3 is 2.37 bits per heavy atom. The number of aliphatic hydroxyl groups excluding tert-OH is 2. The van der Waals surface area contributed by atoms with Crippen molar-refractivity contribution < 1.29 is 19.7 Å². The van der Waals surface area contributed by atoms with Crippen LogP contribution in [-0.2, 0) is 9.53 Å². The lowest BCUT2D eigenvalue weighted by Crippen LogP contribution is -2.24. The molecule has 0 aliphatic carbocycles. The summed E-state index contributed by atoms with van der Waals surface area (Å²) < 4.78 is 4.97. The zero-order chi connectivity index (χ0) is 14.3. The van der Waals surface area contributed by atoms with Crippen molar-refractivity contribution in [2.24, 2.45) is 11.8 Å². The minimum Gasteiger partial charge on any atom is -0.460 e. The van der Waals surface area contributed by atoms with Crippen LogP contribution in [0.1, 0.15) is 58.8 Å². The van der Waals surface area contributed by atoms with E-state index in [1.54, 1.807) is 0 Å². The average molecular weight is 272 g/mol. The van der Waals surface area contributed by atoms with E-state index >= 15 is 0 Å².